The monoisotopic (exact) mass is 819 g/mol. The van der Waals surface area contributed by atoms with Gasteiger partial charge in [0.1, 0.15) is 13.2 Å². The highest BCUT2D eigenvalue weighted by molar-refractivity contribution is 5.71. The number of carbonyl (C=O) groups excluding carboxylic acids is 3. The summed E-state index contributed by atoms with van der Waals surface area (Å²) in [4.78, 5) is 37.7. The van der Waals surface area contributed by atoms with E-state index in [4.69, 9.17) is 14.2 Å². The molecule has 6 nitrogen and oxygen atoms in total. The number of esters is 3. The second-order valence-corrected chi connectivity index (χ2v) is 15.3. The van der Waals surface area contributed by atoms with E-state index in [-0.39, 0.29) is 37.5 Å². The van der Waals surface area contributed by atoms with Crippen LogP contribution in [0, 0.1) is 0 Å². The molecule has 0 aromatic heterocycles. The van der Waals surface area contributed by atoms with E-state index in [0.29, 0.717) is 19.3 Å². The van der Waals surface area contributed by atoms with Crippen molar-refractivity contribution >= 4 is 17.9 Å². The van der Waals surface area contributed by atoms with Crippen LogP contribution in [-0.2, 0) is 28.6 Å². The molecule has 0 bridgehead atoms. The first-order valence-electron chi connectivity index (χ1n) is 23.7. The minimum atomic E-state index is -0.817. The largest absolute Gasteiger partial charge is 0.462 e. The van der Waals surface area contributed by atoms with Crippen molar-refractivity contribution in [1.82, 2.24) is 0 Å². The molecule has 0 aliphatic heterocycles. The summed E-state index contributed by atoms with van der Waals surface area (Å²) in [6.45, 7) is 6.28. The van der Waals surface area contributed by atoms with E-state index in [1.165, 1.54) is 64.2 Å². The van der Waals surface area contributed by atoms with Gasteiger partial charge in [-0.15, -0.1) is 0 Å². The third-order valence-electron chi connectivity index (χ3n) is 9.60. The van der Waals surface area contributed by atoms with Gasteiger partial charge in [0.05, 0.1) is 0 Å². The molecule has 1 atom stereocenters. The predicted octanol–water partition coefficient (Wildman–Crippen LogP) is 15.4. The maximum Gasteiger partial charge on any atom is 0.306 e. The van der Waals surface area contributed by atoms with E-state index in [0.717, 1.165) is 89.9 Å². The summed E-state index contributed by atoms with van der Waals surface area (Å²) in [5.74, 6) is -1.04. The van der Waals surface area contributed by atoms with Gasteiger partial charge < -0.3 is 14.2 Å². The number of carbonyl (C=O) groups is 3. The summed E-state index contributed by atoms with van der Waals surface area (Å²) in [5, 5.41) is 0. The van der Waals surface area contributed by atoms with Crippen molar-refractivity contribution in [3.05, 3.63) is 97.2 Å². The molecular formula is C53H86O6. The van der Waals surface area contributed by atoms with Crippen molar-refractivity contribution in [2.75, 3.05) is 13.2 Å². The van der Waals surface area contributed by atoms with Crippen LogP contribution < -0.4 is 0 Å². The molecule has 1 unspecified atom stereocenters. The molecule has 0 rings (SSSR count). The van der Waals surface area contributed by atoms with Crippen LogP contribution in [0.1, 0.15) is 201 Å². The van der Waals surface area contributed by atoms with Gasteiger partial charge in [-0.3, -0.25) is 14.4 Å². The summed E-state index contributed by atoms with van der Waals surface area (Å²) in [6, 6.07) is 0. The Morgan fingerprint density at radius 1 is 0.356 bits per heavy atom. The molecule has 0 N–H and O–H groups in total. The minimum absolute atomic E-state index is 0.118. The summed E-state index contributed by atoms with van der Waals surface area (Å²) < 4.78 is 16.6. The quantitative estimate of drug-likeness (QED) is 0.0265. The Labute approximate surface area is 362 Å². The number of hydrogen-bond donors (Lipinski definition) is 0. The summed E-state index contributed by atoms with van der Waals surface area (Å²) in [6.07, 6.45) is 61.3. The Bertz CT molecular complexity index is 1220. The highest BCUT2D eigenvalue weighted by Gasteiger charge is 2.19. The van der Waals surface area contributed by atoms with Gasteiger partial charge in [-0.25, -0.2) is 0 Å². The summed E-state index contributed by atoms with van der Waals surface area (Å²) >= 11 is 0. The molecule has 0 spiro atoms. The molecule has 0 aliphatic carbocycles. The highest BCUT2D eigenvalue weighted by atomic mass is 16.6. The number of rotatable bonds is 41. The number of allylic oxidation sites excluding steroid dienone is 16. The van der Waals surface area contributed by atoms with Gasteiger partial charge in [0.2, 0.25) is 0 Å². The minimum Gasteiger partial charge on any atom is -0.462 e. The lowest BCUT2D eigenvalue weighted by Crippen LogP contribution is -2.30. The first kappa shape index (κ1) is 55.3. The average molecular weight is 819 g/mol. The van der Waals surface area contributed by atoms with Crippen LogP contribution in [0.15, 0.2) is 97.2 Å². The van der Waals surface area contributed by atoms with Gasteiger partial charge >= 0.3 is 17.9 Å². The summed E-state index contributed by atoms with van der Waals surface area (Å²) in [7, 11) is 0. The van der Waals surface area contributed by atoms with Crippen molar-refractivity contribution < 1.29 is 28.6 Å². The molecule has 334 valence electrons. The van der Waals surface area contributed by atoms with Crippen LogP contribution in [0.25, 0.3) is 0 Å². The first-order chi connectivity index (χ1) is 29.0. The van der Waals surface area contributed by atoms with Crippen LogP contribution in [0.3, 0.4) is 0 Å². The molecule has 59 heavy (non-hydrogen) atoms. The number of hydrogen-bond acceptors (Lipinski definition) is 6. The molecule has 6 heteroatoms. The van der Waals surface area contributed by atoms with E-state index >= 15 is 0 Å². The van der Waals surface area contributed by atoms with Gasteiger partial charge in [0.15, 0.2) is 6.10 Å². The number of ether oxygens (including phenoxy) is 3. The maximum atomic E-state index is 12.7. The molecule has 0 heterocycles. The van der Waals surface area contributed by atoms with Crippen LogP contribution in [0.5, 0.6) is 0 Å². The van der Waals surface area contributed by atoms with Crippen LogP contribution in [0.4, 0.5) is 0 Å². The van der Waals surface area contributed by atoms with Gasteiger partial charge in [0.25, 0.3) is 0 Å². The van der Waals surface area contributed by atoms with E-state index in [1.54, 1.807) is 0 Å². The SMILES string of the molecule is CC/C=C\C/C=C\C/C=C\C/C=C\C/C=C\C/C=C\CCC(=O)OCC(COC(=O)CCCC/C=C\C/C=C\CC)OC(=O)CCCCCCCCCCCCCCC. The predicted molar refractivity (Wildman–Crippen MR) is 251 cm³/mol. The van der Waals surface area contributed by atoms with E-state index in [1.807, 2.05) is 12.2 Å². The second kappa shape index (κ2) is 47.0. The van der Waals surface area contributed by atoms with Gasteiger partial charge in [-0.2, -0.15) is 0 Å². The zero-order chi connectivity index (χ0) is 43.0. The van der Waals surface area contributed by atoms with Gasteiger partial charge in [0, 0.05) is 19.3 Å². The zero-order valence-corrected chi connectivity index (χ0v) is 38.0. The molecule has 0 saturated carbocycles. The van der Waals surface area contributed by atoms with E-state index < -0.39 is 6.10 Å². The topological polar surface area (TPSA) is 78.9 Å². The fourth-order valence-corrected chi connectivity index (χ4v) is 6.09. The van der Waals surface area contributed by atoms with Gasteiger partial charge in [-0.1, -0.05) is 195 Å². The normalized spacial score (nSPS) is 12.9. The Hall–Kier alpha value is -3.67. The Kier molecular flexibility index (Phi) is 44.1. The van der Waals surface area contributed by atoms with E-state index in [2.05, 4.69) is 106 Å². The average Bonchev–Trinajstić information content (AvgIpc) is 3.23. The van der Waals surface area contributed by atoms with Crippen molar-refractivity contribution in [2.24, 2.45) is 0 Å². The Balaban J connectivity index is 4.49. The van der Waals surface area contributed by atoms with Crippen LogP contribution >= 0.6 is 0 Å². The molecule has 0 saturated heterocycles. The van der Waals surface area contributed by atoms with Crippen LogP contribution in [-0.4, -0.2) is 37.2 Å². The van der Waals surface area contributed by atoms with Crippen molar-refractivity contribution in [1.29, 1.82) is 0 Å². The van der Waals surface area contributed by atoms with Crippen LogP contribution in [0.2, 0.25) is 0 Å². The maximum absolute atomic E-state index is 12.7. The molecule has 0 aliphatic rings. The number of unbranched alkanes of at least 4 members (excludes halogenated alkanes) is 14. The zero-order valence-electron chi connectivity index (χ0n) is 38.0. The standard InChI is InChI=1S/C53H86O6/c1-4-7-10-13-16-19-21-23-24-25-26-27-28-30-31-34-37-40-43-46-52(55)58-49-50(48-57-51(54)45-42-39-36-33-18-15-12-9-6-3)59-53(56)47-44-41-38-35-32-29-22-20-17-14-11-8-5-2/h7,9-10,12,16,18-19,23-24,26-27,30-31,33,37,40,50H,4-6,8,11,13-15,17,20-22,25,28-29,32,34-36,38-39,41-49H2,1-3H3/b10-7-,12-9-,19-16-,24-23-,27-26-,31-30-,33-18-,40-37-. The van der Waals surface area contributed by atoms with Crippen molar-refractivity contribution in [3.8, 4) is 0 Å². The first-order valence-corrected chi connectivity index (χ1v) is 23.7. The van der Waals surface area contributed by atoms with Gasteiger partial charge in [-0.05, 0) is 83.5 Å². The molecule has 0 aromatic rings. The fourth-order valence-electron chi connectivity index (χ4n) is 6.09. The summed E-state index contributed by atoms with van der Waals surface area (Å²) in [5.41, 5.74) is 0. The Morgan fingerprint density at radius 3 is 1.14 bits per heavy atom. The third kappa shape index (κ3) is 45.3. The lowest BCUT2D eigenvalue weighted by Gasteiger charge is -2.18. The molecule has 0 radical (unpaired) electrons. The lowest BCUT2D eigenvalue weighted by molar-refractivity contribution is -0.166. The smallest absolute Gasteiger partial charge is 0.306 e. The molecule has 0 aromatic carbocycles. The molecule has 0 fully saturated rings. The molecule has 0 amide bonds. The highest BCUT2D eigenvalue weighted by Crippen LogP contribution is 2.14. The third-order valence-corrected chi connectivity index (χ3v) is 9.60. The van der Waals surface area contributed by atoms with Crippen molar-refractivity contribution in [2.45, 2.75) is 207 Å². The molecular weight excluding hydrogens is 733 g/mol. The van der Waals surface area contributed by atoms with Crippen molar-refractivity contribution in [3.63, 3.8) is 0 Å². The fraction of sp³-hybridized carbons (Fsp3) is 0.642. The second-order valence-electron chi connectivity index (χ2n) is 15.3. The van der Waals surface area contributed by atoms with E-state index in [9.17, 15) is 14.4 Å². The Morgan fingerprint density at radius 2 is 0.695 bits per heavy atom. The lowest BCUT2D eigenvalue weighted by atomic mass is 10.0.